The zero-order valence-electron chi connectivity index (χ0n) is 11.0. The molecule has 1 aromatic heterocycles. The van der Waals surface area contributed by atoms with Crippen molar-refractivity contribution in [3.63, 3.8) is 0 Å². The monoisotopic (exact) mass is 319 g/mol. The maximum atomic E-state index is 12.0. The molecule has 0 unspecified atom stereocenters. The highest BCUT2D eigenvalue weighted by molar-refractivity contribution is 7.12. The predicted molar refractivity (Wildman–Crippen MR) is 73.8 cm³/mol. The van der Waals surface area contributed by atoms with Crippen LogP contribution >= 0.6 is 22.9 Å². The molecule has 0 atom stereocenters. The molecular formula is C12H14ClNO5S. The molecule has 1 heterocycles. The summed E-state index contributed by atoms with van der Waals surface area (Å²) in [5, 5.41) is 4.14. The lowest BCUT2D eigenvalue weighted by Gasteiger charge is -2.15. The first-order chi connectivity index (χ1) is 9.51. The van der Waals surface area contributed by atoms with E-state index in [-0.39, 0.29) is 23.1 Å². The summed E-state index contributed by atoms with van der Waals surface area (Å²) in [6.45, 7) is 3.37. The summed E-state index contributed by atoms with van der Waals surface area (Å²) in [6, 6.07) is 0.0470. The van der Waals surface area contributed by atoms with Gasteiger partial charge in [-0.2, -0.15) is 0 Å². The van der Waals surface area contributed by atoms with Crippen LogP contribution in [0.3, 0.4) is 0 Å². The molecule has 1 amide bonds. The minimum Gasteiger partial charge on any atom is -0.464 e. The van der Waals surface area contributed by atoms with Crippen LogP contribution in [0, 0.1) is 0 Å². The smallest absolute Gasteiger partial charge is 0.340 e. The van der Waals surface area contributed by atoms with Gasteiger partial charge in [0.2, 0.25) is 6.04 Å². The Bertz CT molecular complexity index is 484. The third-order valence-corrected chi connectivity index (χ3v) is 3.48. The minimum atomic E-state index is -1.50. The third kappa shape index (κ3) is 4.21. The van der Waals surface area contributed by atoms with E-state index < -0.39 is 23.9 Å². The number of ether oxygens (including phenoxy) is 2. The highest BCUT2D eigenvalue weighted by Gasteiger charge is 2.32. The Morgan fingerprint density at radius 3 is 2.20 bits per heavy atom. The lowest BCUT2D eigenvalue weighted by Crippen LogP contribution is -2.48. The summed E-state index contributed by atoms with van der Waals surface area (Å²) in [4.78, 5) is 35.5. The summed E-state index contributed by atoms with van der Waals surface area (Å²) in [5.74, 6) is -2.37. The van der Waals surface area contributed by atoms with E-state index >= 15 is 0 Å². The number of esters is 2. The Kier molecular flexibility index (Phi) is 6.47. The van der Waals surface area contributed by atoms with Gasteiger partial charge in [-0.15, -0.1) is 11.3 Å². The van der Waals surface area contributed by atoms with Gasteiger partial charge in [-0.25, -0.2) is 9.59 Å². The standard InChI is InChI=1S/C12H14ClNO5S/c1-3-18-11(16)8(12(17)19-4-2)14-10(15)9-7(13)5-6-20-9/h5-6,8H,3-4H2,1-2H3,(H,14,15). The van der Waals surface area contributed by atoms with Crippen molar-refractivity contribution >= 4 is 40.8 Å². The number of carbonyl (C=O) groups excluding carboxylic acids is 3. The molecule has 0 saturated heterocycles. The number of thiophene rings is 1. The molecule has 0 aliphatic heterocycles. The van der Waals surface area contributed by atoms with E-state index in [1.807, 2.05) is 0 Å². The second-order valence-corrected chi connectivity index (χ2v) is 4.83. The van der Waals surface area contributed by atoms with Crippen LogP contribution in [0.15, 0.2) is 11.4 Å². The molecule has 0 aliphatic rings. The lowest BCUT2D eigenvalue weighted by atomic mass is 10.3. The van der Waals surface area contributed by atoms with E-state index in [9.17, 15) is 14.4 Å². The van der Waals surface area contributed by atoms with Crippen LogP contribution in [0.5, 0.6) is 0 Å². The molecule has 20 heavy (non-hydrogen) atoms. The molecule has 1 aromatic rings. The zero-order valence-corrected chi connectivity index (χ0v) is 12.5. The maximum absolute atomic E-state index is 12.0. The molecule has 8 heteroatoms. The average molecular weight is 320 g/mol. The highest BCUT2D eigenvalue weighted by atomic mass is 35.5. The number of rotatable bonds is 6. The first-order valence-corrected chi connectivity index (χ1v) is 7.14. The molecule has 1 rings (SSSR count). The van der Waals surface area contributed by atoms with E-state index in [0.717, 1.165) is 11.3 Å². The van der Waals surface area contributed by atoms with Gasteiger partial charge < -0.3 is 14.8 Å². The first-order valence-electron chi connectivity index (χ1n) is 5.88. The van der Waals surface area contributed by atoms with Crippen molar-refractivity contribution < 1.29 is 23.9 Å². The Morgan fingerprint density at radius 2 is 1.80 bits per heavy atom. The largest absolute Gasteiger partial charge is 0.464 e. The number of hydrogen-bond acceptors (Lipinski definition) is 6. The quantitative estimate of drug-likeness (QED) is 0.636. The van der Waals surface area contributed by atoms with Crippen molar-refractivity contribution in [2.75, 3.05) is 13.2 Å². The number of amides is 1. The van der Waals surface area contributed by atoms with E-state index in [1.54, 1.807) is 25.3 Å². The van der Waals surface area contributed by atoms with Gasteiger partial charge >= 0.3 is 11.9 Å². The number of carbonyl (C=O) groups is 3. The SMILES string of the molecule is CCOC(=O)C(NC(=O)c1sccc1Cl)C(=O)OCC. The van der Waals surface area contributed by atoms with Gasteiger partial charge in [0.25, 0.3) is 5.91 Å². The molecule has 1 N–H and O–H groups in total. The van der Waals surface area contributed by atoms with Crippen molar-refractivity contribution in [3.8, 4) is 0 Å². The number of nitrogens with one attached hydrogen (secondary N) is 1. The average Bonchev–Trinajstić information content (AvgIpc) is 2.82. The molecule has 0 bridgehead atoms. The van der Waals surface area contributed by atoms with Gasteiger partial charge in [-0.3, -0.25) is 4.79 Å². The molecule has 0 saturated carbocycles. The van der Waals surface area contributed by atoms with Crippen LogP contribution in [0.4, 0.5) is 0 Å². The van der Waals surface area contributed by atoms with Crippen LogP contribution in [-0.4, -0.2) is 37.1 Å². The van der Waals surface area contributed by atoms with Crippen molar-refractivity contribution in [1.82, 2.24) is 5.32 Å². The maximum Gasteiger partial charge on any atom is 0.340 e. The second-order valence-electron chi connectivity index (χ2n) is 3.51. The van der Waals surface area contributed by atoms with Crippen LogP contribution in [0.25, 0.3) is 0 Å². The van der Waals surface area contributed by atoms with Crippen molar-refractivity contribution in [1.29, 1.82) is 0 Å². The molecule has 0 fully saturated rings. The van der Waals surface area contributed by atoms with E-state index in [2.05, 4.69) is 5.32 Å². The van der Waals surface area contributed by atoms with Crippen molar-refractivity contribution in [3.05, 3.63) is 21.3 Å². The van der Waals surface area contributed by atoms with E-state index in [1.165, 1.54) is 0 Å². The topological polar surface area (TPSA) is 81.7 Å². The summed E-state index contributed by atoms with van der Waals surface area (Å²) in [7, 11) is 0. The van der Waals surface area contributed by atoms with Gasteiger partial charge in [0.1, 0.15) is 4.88 Å². The summed E-state index contributed by atoms with van der Waals surface area (Å²) in [5.41, 5.74) is 0. The molecule has 6 nitrogen and oxygen atoms in total. The second kappa shape index (κ2) is 7.86. The Labute approximate surface area is 125 Å². The molecule has 0 aliphatic carbocycles. The van der Waals surface area contributed by atoms with E-state index in [0.29, 0.717) is 0 Å². The summed E-state index contributed by atoms with van der Waals surface area (Å²) in [6.07, 6.45) is 0. The molecule has 0 radical (unpaired) electrons. The van der Waals surface area contributed by atoms with Crippen LogP contribution in [0.2, 0.25) is 5.02 Å². The summed E-state index contributed by atoms with van der Waals surface area (Å²) >= 11 is 6.92. The zero-order chi connectivity index (χ0) is 15.1. The minimum absolute atomic E-state index is 0.0877. The molecule has 110 valence electrons. The highest BCUT2D eigenvalue weighted by Crippen LogP contribution is 2.21. The van der Waals surface area contributed by atoms with Gasteiger partial charge in [-0.05, 0) is 25.3 Å². The van der Waals surface area contributed by atoms with Crippen LogP contribution in [0.1, 0.15) is 23.5 Å². The van der Waals surface area contributed by atoms with Gasteiger partial charge in [0.05, 0.1) is 18.2 Å². The normalized spacial score (nSPS) is 10.2. The van der Waals surface area contributed by atoms with Crippen molar-refractivity contribution in [2.24, 2.45) is 0 Å². The predicted octanol–water partition coefficient (Wildman–Crippen LogP) is 1.63. The van der Waals surface area contributed by atoms with Gasteiger partial charge in [0.15, 0.2) is 0 Å². The van der Waals surface area contributed by atoms with Crippen molar-refractivity contribution in [2.45, 2.75) is 19.9 Å². The first kappa shape index (κ1) is 16.5. The van der Waals surface area contributed by atoms with Gasteiger partial charge in [0, 0.05) is 0 Å². The lowest BCUT2D eigenvalue weighted by molar-refractivity contribution is -0.157. The Hall–Kier alpha value is -1.60. The number of halogens is 1. The fourth-order valence-corrected chi connectivity index (χ4v) is 2.36. The fraction of sp³-hybridized carbons (Fsp3) is 0.417. The Morgan fingerprint density at radius 1 is 1.25 bits per heavy atom. The van der Waals surface area contributed by atoms with Crippen LogP contribution < -0.4 is 5.32 Å². The summed E-state index contributed by atoms with van der Waals surface area (Å²) < 4.78 is 9.47. The molecule has 0 spiro atoms. The molecule has 0 aromatic carbocycles. The number of hydrogen-bond donors (Lipinski definition) is 1. The Balaban J connectivity index is 2.84. The van der Waals surface area contributed by atoms with Gasteiger partial charge in [-0.1, -0.05) is 11.6 Å². The van der Waals surface area contributed by atoms with E-state index in [4.69, 9.17) is 21.1 Å². The fourth-order valence-electron chi connectivity index (χ4n) is 1.32. The molecular weight excluding hydrogens is 306 g/mol. The van der Waals surface area contributed by atoms with Crippen LogP contribution in [-0.2, 0) is 19.1 Å². The third-order valence-electron chi connectivity index (χ3n) is 2.14.